The van der Waals surface area contributed by atoms with Gasteiger partial charge in [0.25, 0.3) is 0 Å². The molecule has 0 aliphatic carbocycles. The number of carbonyl (C=O) groups is 2. The molecule has 0 atom stereocenters. The Morgan fingerprint density at radius 2 is 0.933 bits per heavy atom. The van der Waals surface area contributed by atoms with E-state index in [1.807, 2.05) is 0 Å². The number of carboxylic acids is 2. The molecular weight excluding hydrogens is 321 g/mol. The largest absolute Gasteiger partial charge is 2.00 e. The number of hydrogen-bond donors (Lipinski definition) is 0. The molecule has 0 rings (SSSR count). The van der Waals surface area contributed by atoms with Gasteiger partial charge < -0.3 is 19.8 Å². The van der Waals surface area contributed by atoms with Gasteiger partial charge in [-0.2, -0.15) is 0 Å². The molecule has 0 bridgehead atoms. The fraction of sp³-hybridized carbons (Fsp3) is 0.800. The molecule has 5 heteroatoms. The minimum atomic E-state index is -0.998. The van der Waals surface area contributed by atoms with Crippen LogP contribution in [0.4, 0.5) is 0 Å². The number of unbranched alkanes of at least 4 members (excludes halogenated alkanes) is 5. The van der Waals surface area contributed by atoms with Crippen molar-refractivity contribution in [1.29, 1.82) is 0 Å². The van der Waals surface area contributed by atoms with Gasteiger partial charge in [0.05, 0.1) is 0 Å². The van der Waals surface area contributed by atoms with Crippen LogP contribution in [0, 0.1) is 0 Å². The van der Waals surface area contributed by atoms with Crippen molar-refractivity contribution >= 4 is 60.8 Å². The van der Waals surface area contributed by atoms with Crippen LogP contribution in [0.15, 0.2) is 0 Å². The van der Waals surface area contributed by atoms with Gasteiger partial charge in [-0.1, -0.05) is 25.7 Å². The van der Waals surface area contributed by atoms with Gasteiger partial charge in [0.15, 0.2) is 0 Å². The van der Waals surface area contributed by atoms with E-state index >= 15 is 0 Å². The molecule has 0 unspecified atom stereocenters. The third-order valence-electron chi connectivity index (χ3n) is 2.01. The van der Waals surface area contributed by atoms with Gasteiger partial charge in [-0.15, -0.1) is 0 Å². The molecule has 0 aliphatic heterocycles. The van der Waals surface area contributed by atoms with Gasteiger partial charge in [0.2, 0.25) is 0 Å². The summed E-state index contributed by atoms with van der Waals surface area (Å²) in [5, 5.41) is 20.1. The van der Waals surface area contributed by atoms with Crippen molar-refractivity contribution < 1.29 is 19.8 Å². The van der Waals surface area contributed by atoms with E-state index in [4.69, 9.17) is 0 Å². The first-order chi connectivity index (χ1) is 6.63. The SMILES string of the molecule is O=C([O-])CCCCCCCCC(=O)[O-].[Ba+2]. The molecule has 0 radical (unpaired) electrons. The molecule has 0 heterocycles. The molecule has 4 nitrogen and oxygen atoms in total. The van der Waals surface area contributed by atoms with Crippen molar-refractivity contribution in [3.63, 3.8) is 0 Å². The van der Waals surface area contributed by atoms with Crippen molar-refractivity contribution in [1.82, 2.24) is 0 Å². The molecule has 0 amide bonds. The molecule has 15 heavy (non-hydrogen) atoms. The first-order valence-electron chi connectivity index (χ1n) is 5.02. The fourth-order valence-corrected chi connectivity index (χ4v) is 1.25. The Balaban J connectivity index is 0. The van der Waals surface area contributed by atoms with E-state index in [1.165, 1.54) is 0 Å². The summed E-state index contributed by atoms with van der Waals surface area (Å²) in [5.41, 5.74) is 0. The number of rotatable bonds is 9. The van der Waals surface area contributed by atoms with Gasteiger partial charge in [0, 0.05) is 11.9 Å². The third kappa shape index (κ3) is 17.1. The summed E-state index contributed by atoms with van der Waals surface area (Å²) in [6.45, 7) is 0. The second kappa shape index (κ2) is 12.6. The molecular formula is C10H16BaO4. The summed E-state index contributed by atoms with van der Waals surface area (Å²) in [4.78, 5) is 20.1. The Bertz CT molecular complexity index is 162. The van der Waals surface area contributed by atoms with E-state index in [0.29, 0.717) is 12.8 Å². The number of carboxylic acid groups (broad SMARTS) is 2. The zero-order valence-corrected chi connectivity index (χ0v) is 13.4. The second-order valence-corrected chi connectivity index (χ2v) is 3.37. The Morgan fingerprint density at radius 1 is 0.667 bits per heavy atom. The Labute approximate surface area is 131 Å². The number of hydrogen-bond acceptors (Lipinski definition) is 4. The van der Waals surface area contributed by atoms with E-state index in [2.05, 4.69) is 0 Å². The fourth-order valence-electron chi connectivity index (χ4n) is 1.25. The van der Waals surface area contributed by atoms with Crippen LogP contribution in [-0.2, 0) is 9.59 Å². The summed E-state index contributed by atoms with van der Waals surface area (Å²) in [5.74, 6) is -2.00. The van der Waals surface area contributed by atoms with E-state index in [1.54, 1.807) is 0 Å². The van der Waals surface area contributed by atoms with Crippen LogP contribution < -0.4 is 10.2 Å². The molecule has 0 fully saturated rings. The topological polar surface area (TPSA) is 80.3 Å². The summed E-state index contributed by atoms with van der Waals surface area (Å²) in [7, 11) is 0. The van der Waals surface area contributed by atoms with Crippen LogP contribution >= 0.6 is 0 Å². The number of carbonyl (C=O) groups excluding carboxylic acids is 2. The monoisotopic (exact) mass is 338 g/mol. The van der Waals surface area contributed by atoms with Crippen molar-refractivity contribution in [3.8, 4) is 0 Å². The van der Waals surface area contributed by atoms with E-state index in [0.717, 1.165) is 25.7 Å². The second-order valence-electron chi connectivity index (χ2n) is 3.37. The maximum absolute atomic E-state index is 10.0. The van der Waals surface area contributed by atoms with Crippen LogP contribution in [0.5, 0.6) is 0 Å². The zero-order valence-electron chi connectivity index (χ0n) is 9.00. The van der Waals surface area contributed by atoms with E-state index in [9.17, 15) is 19.8 Å². The molecule has 0 aromatic carbocycles. The average molecular weight is 338 g/mol. The molecule has 0 aromatic rings. The summed E-state index contributed by atoms with van der Waals surface area (Å²) in [6.07, 6.45) is 5.23. The standard InChI is InChI=1S/C10H18O4.Ba/c11-9(12)7-5-3-1-2-4-6-8-10(13)14;/h1-8H2,(H,11,12)(H,13,14);/q;+2/p-2. The van der Waals surface area contributed by atoms with Gasteiger partial charge >= 0.3 is 48.9 Å². The van der Waals surface area contributed by atoms with Crippen LogP contribution in [-0.4, -0.2) is 60.8 Å². The molecule has 0 spiro atoms. The average Bonchev–Trinajstić information content (AvgIpc) is 2.08. The van der Waals surface area contributed by atoms with Crippen molar-refractivity contribution in [3.05, 3.63) is 0 Å². The number of aliphatic carboxylic acids is 2. The predicted molar refractivity (Wildman–Crippen MR) is 52.7 cm³/mol. The smallest absolute Gasteiger partial charge is 0.550 e. The molecule has 0 aliphatic rings. The Kier molecular flexibility index (Phi) is 15.0. The maximum atomic E-state index is 10.0. The van der Waals surface area contributed by atoms with Crippen molar-refractivity contribution in [2.75, 3.05) is 0 Å². The first-order valence-corrected chi connectivity index (χ1v) is 5.02. The van der Waals surface area contributed by atoms with Crippen LogP contribution in [0.25, 0.3) is 0 Å². The van der Waals surface area contributed by atoms with Crippen LogP contribution in [0.3, 0.4) is 0 Å². The molecule has 0 N–H and O–H groups in total. The van der Waals surface area contributed by atoms with E-state index in [-0.39, 0.29) is 61.7 Å². The van der Waals surface area contributed by atoms with Crippen LogP contribution in [0.2, 0.25) is 0 Å². The summed E-state index contributed by atoms with van der Waals surface area (Å²) >= 11 is 0. The minimum absolute atomic E-state index is 0. The van der Waals surface area contributed by atoms with Gasteiger partial charge in [-0.3, -0.25) is 0 Å². The molecule has 0 saturated heterocycles. The molecule has 0 saturated carbocycles. The Hall–Kier alpha value is 0.511. The predicted octanol–water partition coefficient (Wildman–Crippen LogP) is -0.774. The normalized spacial score (nSPS) is 9.33. The van der Waals surface area contributed by atoms with Gasteiger partial charge in [-0.05, 0) is 25.7 Å². The van der Waals surface area contributed by atoms with Crippen LogP contribution in [0.1, 0.15) is 51.4 Å². The van der Waals surface area contributed by atoms with Gasteiger partial charge in [-0.25, -0.2) is 0 Å². The van der Waals surface area contributed by atoms with Gasteiger partial charge in [0.1, 0.15) is 0 Å². The Morgan fingerprint density at radius 3 is 1.20 bits per heavy atom. The van der Waals surface area contributed by atoms with E-state index < -0.39 is 11.9 Å². The summed E-state index contributed by atoms with van der Waals surface area (Å²) < 4.78 is 0. The van der Waals surface area contributed by atoms with Crippen molar-refractivity contribution in [2.45, 2.75) is 51.4 Å². The quantitative estimate of drug-likeness (QED) is 0.409. The molecule has 0 aromatic heterocycles. The minimum Gasteiger partial charge on any atom is -0.550 e. The molecule has 82 valence electrons. The zero-order chi connectivity index (χ0) is 10.8. The van der Waals surface area contributed by atoms with Crippen molar-refractivity contribution in [2.24, 2.45) is 0 Å². The summed E-state index contributed by atoms with van der Waals surface area (Å²) in [6, 6.07) is 0. The first kappa shape index (κ1) is 17.9. The third-order valence-corrected chi connectivity index (χ3v) is 2.01. The maximum Gasteiger partial charge on any atom is 2.00 e.